The quantitative estimate of drug-likeness (QED) is 0.790. The number of carbonyl (C=O) groups excluding carboxylic acids is 1. The molecule has 0 saturated heterocycles. The highest BCUT2D eigenvalue weighted by molar-refractivity contribution is 5.66. The molecule has 0 aromatic carbocycles. The lowest BCUT2D eigenvalue weighted by atomic mass is 10.2. The Kier molecular flexibility index (Phi) is 2.95. The average molecular weight is 217 g/mol. The van der Waals surface area contributed by atoms with Crippen LogP contribution in [0, 0.1) is 0 Å². The number of aromatic amines is 1. The number of nitrogens with zero attached hydrogens (tertiary/aromatic N) is 2. The maximum absolute atomic E-state index is 11.0. The van der Waals surface area contributed by atoms with Crippen LogP contribution in [-0.2, 0) is 9.53 Å². The number of carbonyl (C=O) groups is 1. The van der Waals surface area contributed by atoms with E-state index in [2.05, 4.69) is 15.0 Å². The maximum atomic E-state index is 11.0. The fraction of sp³-hybridized carbons (Fsp3) is 0.182. The summed E-state index contributed by atoms with van der Waals surface area (Å²) in [5.74, 6) is 0.195. The molecule has 0 saturated carbocycles. The zero-order chi connectivity index (χ0) is 11.4. The van der Waals surface area contributed by atoms with Gasteiger partial charge >= 0.3 is 5.97 Å². The zero-order valence-electron chi connectivity index (χ0n) is 8.75. The molecule has 0 aliphatic heterocycles. The Labute approximate surface area is 92.5 Å². The van der Waals surface area contributed by atoms with E-state index in [1.54, 1.807) is 30.7 Å². The summed E-state index contributed by atoms with van der Waals surface area (Å²) in [6, 6.07) is 5.42. The predicted octanol–water partition coefficient (Wildman–Crippen LogP) is 1.46. The standard InChI is InChI=1S/C11H11N3O2/c1-8(15)16-10(11-13-6-7-14-11)9-4-2-3-5-12-9/h2-7,10H,1H3,(H,13,14). The summed E-state index contributed by atoms with van der Waals surface area (Å²) in [4.78, 5) is 22.2. The Morgan fingerprint density at radius 2 is 2.25 bits per heavy atom. The smallest absolute Gasteiger partial charge is 0.303 e. The summed E-state index contributed by atoms with van der Waals surface area (Å²) in [5.41, 5.74) is 0.646. The summed E-state index contributed by atoms with van der Waals surface area (Å²) < 4.78 is 5.19. The number of H-pyrrole nitrogens is 1. The predicted molar refractivity (Wildman–Crippen MR) is 56.4 cm³/mol. The van der Waals surface area contributed by atoms with Crippen LogP contribution in [0.5, 0.6) is 0 Å². The van der Waals surface area contributed by atoms with Crippen molar-refractivity contribution >= 4 is 5.97 Å². The van der Waals surface area contributed by atoms with Crippen molar-refractivity contribution in [2.75, 3.05) is 0 Å². The van der Waals surface area contributed by atoms with E-state index < -0.39 is 6.10 Å². The molecule has 2 aromatic heterocycles. The highest BCUT2D eigenvalue weighted by Gasteiger charge is 2.20. The van der Waals surface area contributed by atoms with Crippen LogP contribution in [0.2, 0.25) is 0 Å². The number of nitrogens with one attached hydrogen (secondary N) is 1. The number of esters is 1. The normalized spacial score (nSPS) is 12.1. The molecule has 82 valence electrons. The molecule has 1 atom stereocenters. The van der Waals surface area contributed by atoms with Gasteiger partial charge in [-0.15, -0.1) is 0 Å². The number of hydrogen-bond donors (Lipinski definition) is 1. The van der Waals surface area contributed by atoms with Gasteiger partial charge in [-0.3, -0.25) is 9.78 Å². The van der Waals surface area contributed by atoms with E-state index in [0.717, 1.165) is 0 Å². The van der Waals surface area contributed by atoms with Crippen molar-refractivity contribution in [3.05, 3.63) is 48.3 Å². The summed E-state index contributed by atoms with van der Waals surface area (Å²) in [5, 5.41) is 0. The SMILES string of the molecule is CC(=O)OC(c1ccccn1)c1ncc[nH]1. The van der Waals surface area contributed by atoms with Crippen LogP contribution in [-0.4, -0.2) is 20.9 Å². The second kappa shape index (κ2) is 4.57. The molecule has 2 rings (SSSR count). The van der Waals surface area contributed by atoms with Gasteiger partial charge in [-0.2, -0.15) is 0 Å². The van der Waals surface area contributed by atoms with E-state index in [0.29, 0.717) is 11.5 Å². The van der Waals surface area contributed by atoms with Crippen molar-refractivity contribution in [1.29, 1.82) is 0 Å². The van der Waals surface area contributed by atoms with Crippen LogP contribution in [0.15, 0.2) is 36.8 Å². The van der Waals surface area contributed by atoms with Crippen molar-refractivity contribution in [1.82, 2.24) is 15.0 Å². The van der Waals surface area contributed by atoms with Crippen LogP contribution in [0.25, 0.3) is 0 Å². The molecule has 16 heavy (non-hydrogen) atoms. The average Bonchev–Trinajstić information content (AvgIpc) is 2.80. The minimum Gasteiger partial charge on any atom is -0.448 e. The van der Waals surface area contributed by atoms with Gasteiger partial charge in [-0.05, 0) is 12.1 Å². The number of hydrogen-bond acceptors (Lipinski definition) is 4. The lowest BCUT2D eigenvalue weighted by Gasteiger charge is -2.13. The molecule has 2 aromatic rings. The van der Waals surface area contributed by atoms with Crippen LogP contribution in [0.3, 0.4) is 0 Å². The molecule has 5 heteroatoms. The van der Waals surface area contributed by atoms with Gasteiger partial charge in [0.2, 0.25) is 6.10 Å². The second-order valence-corrected chi connectivity index (χ2v) is 3.22. The van der Waals surface area contributed by atoms with Gasteiger partial charge in [0.15, 0.2) is 5.82 Å². The fourth-order valence-corrected chi connectivity index (χ4v) is 1.37. The van der Waals surface area contributed by atoms with Crippen molar-refractivity contribution in [2.45, 2.75) is 13.0 Å². The molecule has 0 fully saturated rings. The number of aromatic nitrogens is 3. The first kappa shape index (κ1) is 10.4. The topological polar surface area (TPSA) is 67.9 Å². The molecule has 2 heterocycles. The third-order valence-corrected chi connectivity index (χ3v) is 2.01. The van der Waals surface area contributed by atoms with Crippen LogP contribution in [0.4, 0.5) is 0 Å². The fourth-order valence-electron chi connectivity index (χ4n) is 1.37. The summed E-state index contributed by atoms with van der Waals surface area (Å²) in [7, 11) is 0. The molecule has 1 unspecified atom stereocenters. The van der Waals surface area contributed by atoms with Crippen LogP contribution < -0.4 is 0 Å². The monoisotopic (exact) mass is 217 g/mol. The first-order valence-corrected chi connectivity index (χ1v) is 4.85. The lowest BCUT2D eigenvalue weighted by Crippen LogP contribution is -2.12. The molecule has 0 spiro atoms. The third kappa shape index (κ3) is 2.25. The molecular formula is C11H11N3O2. The first-order chi connectivity index (χ1) is 7.77. The van der Waals surface area contributed by atoms with Gasteiger partial charge in [0.05, 0.1) is 5.69 Å². The maximum Gasteiger partial charge on any atom is 0.303 e. The highest BCUT2D eigenvalue weighted by atomic mass is 16.5. The summed E-state index contributed by atoms with van der Waals surface area (Å²) in [6.45, 7) is 1.36. The molecular weight excluding hydrogens is 206 g/mol. The number of ether oxygens (including phenoxy) is 1. The van der Waals surface area contributed by atoms with E-state index in [-0.39, 0.29) is 5.97 Å². The second-order valence-electron chi connectivity index (χ2n) is 3.22. The van der Waals surface area contributed by atoms with Gasteiger partial charge in [0.1, 0.15) is 0 Å². The largest absolute Gasteiger partial charge is 0.448 e. The third-order valence-electron chi connectivity index (χ3n) is 2.01. The Bertz CT molecular complexity index is 453. The molecule has 0 radical (unpaired) electrons. The Balaban J connectivity index is 2.32. The van der Waals surface area contributed by atoms with E-state index in [1.165, 1.54) is 6.92 Å². The minimum absolute atomic E-state index is 0.368. The van der Waals surface area contributed by atoms with Crippen LogP contribution in [0.1, 0.15) is 24.5 Å². The number of pyridine rings is 1. The zero-order valence-corrected chi connectivity index (χ0v) is 8.75. The molecule has 0 bridgehead atoms. The number of imidazole rings is 1. The Morgan fingerprint density at radius 3 is 2.81 bits per heavy atom. The van der Waals surface area contributed by atoms with Gasteiger partial charge in [-0.25, -0.2) is 4.98 Å². The minimum atomic E-state index is -0.575. The first-order valence-electron chi connectivity index (χ1n) is 4.85. The molecule has 5 nitrogen and oxygen atoms in total. The van der Waals surface area contributed by atoms with Gasteiger partial charge in [0.25, 0.3) is 0 Å². The van der Waals surface area contributed by atoms with E-state index in [4.69, 9.17) is 4.74 Å². The lowest BCUT2D eigenvalue weighted by molar-refractivity contribution is -0.145. The van der Waals surface area contributed by atoms with E-state index in [1.807, 2.05) is 6.07 Å². The highest BCUT2D eigenvalue weighted by Crippen LogP contribution is 2.20. The van der Waals surface area contributed by atoms with Crippen molar-refractivity contribution in [3.63, 3.8) is 0 Å². The molecule has 0 amide bonds. The van der Waals surface area contributed by atoms with E-state index in [9.17, 15) is 4.79 Å². The van der Waals surface area contributed by atoms with Crippen molar-refractivity contribution < 1.29 is 9.53 Å². The Hall–Kier alpha value is -2.17. The summed E-state index contributed by atoms with van der Waals surface area (Å²) in [6.07, 6.45) is 4.35. The molecule has 1 N–H and O–H groups in total. The van der Waals surface area contributed by atoms with Crippen molar-refractivity contribution in [3.8, 4) is 0 Å². The molecule has 0 aliphatic carbocycles. The van der Waals surface area contributed by atoms with Crippen LogP contribution >= 0.6 is 0 Å². The van der Waals surface area contributed by atoms with Gasteiger partial charge < -0.3 is 9.72 Å². The Morgan fingerprint density at radius 1 is 1.38 bits per heavy atom. The van der Waals surface area contributed by atoms with E-state index >= 15 is 0 Å². The number of rotatable bonds is 3. The van der Waals surface area contributed by atoms with Crippen molar-refractivity contribution in [2.24, 2.45) is 0 Å². The summed E-state index contributed by atoms with van der Waals surface area (Å²) >= 11 is 0. The van der Waals surface area contributed by atoms with Gasteiger partial charge in [-0.1, -0.05) is 6.07 Å². The van der Waals surface area contributed by atoms with Gasteiger partial charge in [0, 0.05) is 25.5 Å². The molecule has 0 aliphatic rings.